The number of amides is 2. The second-order valence-electron chi connectivity index (χ2n) is 4.58. The van der Waals surface area contributed by atoms with Gasteiger partial charge < -0.3 is 5.11 Å². The van der Waals surface area contributed by atoms with Crippen LogP contribution in [0.2, 0.25) is 0 Å². The van der Waals surface area contributed by atoms with Crippen molar-refractivity contribution in [2.24, 2.45) is 0 Å². The van der Waals surface area contributed by atoms with Gasteiger partial charge in [0.25, 0.3) is 11.8 Å². The number of carboxylic acid groups (broad SMARTS) is 1. The van der Waals surface area contributed by atoms with Crippen molar-refractivity contribution < 1.29 is 19.5 Å². The molecule has 0 saturated heterocycles. The average Bonchev–Trinajstić information content (AvgIpc) is 3.07. The highest BCUT2D eigenvalue weighted by Crippen LogP contribution is 2.20. The molecule has 3 rings (SSSR count). The van der Waals surface area contributed by atoms with E-state index in [-0.39, 0.29) is 17.5 Å². The first-order valence-electron chi connectivity index (χ1n) is 6.47. The number of nitrogens with one attached hydrogen (secondary N) is 1. The molecule has 0 unspecified atom stereocenters. The lowest BCUT2D eigenvalue weighted by atomic mass is 10.1. The molecule has 7 nitrogen and oxygen atoms in total. The van der Waals surface area contributed by atoms with Crippen LogP contribution in [0.3, 0.4) is 0 Å². The monoisotopic (exact) mass is 317 g/mol. The molecule has 112 valence electrons. The first kappa shape index (κ1) is 14.4. The van der Waals surface area contributed by atoms with Crippen molar-refractivity contribution in [3.05, 3.63) is 51.5 Å². The van der Waals surface area contributed by atoms with Crippen LogP contribution >= 0.6 is 11.3 Å². The third kappa shape index (κ3) is 2.49. The van der Waals surface area contributed by atoms with Crippen molar-refractivity contribution in [1.82, 2.24) is 15.4 Å². The van der Waals surface area contributed by atoms with Crippen molar-refractivity contribution in [3.8, 4) is 0 Å². The summed E-state index contributed by atoms with van der Waals surface area (Å²) in [4.78, 5) is 38.9. The molecule has 22 heavy (non-hydrogen) atoms. The highest BCUT2D eigenvalue weighted by Gasteiger charge is 2.35. The summed E-state index contributed by atoms with van der Waals surface area (Å²) in [7, 11) is 0. The van der Waals surface area contributed by atoms with Gasteiger partial charge in [0.2, 0.25) is 0 Å². The lowest BCUT2D eigenvalue weighted by Crippen LogP contribution is -2.43. The normalized spacial score (nSPS) is 13.5. The summed E-state index contributed by atoms with van der Waals surface area (Å²) in [5.41, 5.74) is 3.52. The Labute approximate surface area is 129 Å². The van der Waals surface area contributed by atoms with Gasteiger partial charge in [-0.05, 0) is 12.1 Å². The van der Waals surface area contributed by atoms with Gasteiger partial charge in [-0.1, -0.05) is 12.1 Å². The van der Waals surface area contributed by atoms with Crippen molar-refractivity contribution in [3.63, 3.8) is 0 Å². The van der Waals surface area contributed by atoms with Crippen molar-refractivity contribution in [1.29, 1.82) is 0 Å². The fraction of sp³-hybridized carbons (Fsp3) is 0.143. The zero-order valence-electron chi connectivity index (χ0n) is 11.3. The topological polar surface area (TPSA) is 99.6 Å². The molecule has 0 radical (unpaired) electrons. The van der Waals surface area contributed by atoms with Gasteiger partial charge in [-0.15, -0.1) is 11.3 Å². The molecule has 0 aliphatic carbocycles. The average molecular weight is 317 g/mol. The van der Waals surface area contributed by atoms with Crippen LogP contribution in [0.5, 0.6) is 0 Å². The molecule has 8 heteroatoms. The zero-order valence-corrected chi connectivity index (χ0v) is 12.1. The molecule has 0 atom stereocenters. The number of benzene rings is 1. The maximum Gasteiger partial charge on any atom is 0.355 e. The van der Waals surface area contributed by atoms with Gasteiger partial charge in [-0.2, -0.15) is 0 Å². The Kier molecular flexibility index (Phi) is 3.70. The minimum absolute atomic E-state index is 0.000676. The first-order chi connectivity index (χ1) is 10.6. The van der Waals surface area contributed by atoms with Gasteiger partial charge in [0, 0.05) is 18.3 Å². The van der Waals surface area contributed by atoms with Crippen LogP contribution in [0, 0.1) is 0 Å². The summed E-state index contributed by atoms with van der Waals surface area (Å²) in [6.45, 7) is 0.304. The molecule has 2 N–H and O–H groups in total. The quantitative estimate of drug-likeness (QED) is 0.804. The number of aromatic carboxylic acids is 1. The summed E-state index contributed by atoms with van der Waals surface area (Å²) < 4.78 is 0. The Bertz CT molecular complexity index is 736. The molecule has 2 amide bonds. The van der Waals surface area contributed by atoms with Gasteiger partial charge in [-0.3, -0.25) is 9.59 Å². The molecule has 1 aliphatic heterocycles. The smallest absolute Gasteiger partial charge is 0.355 e. The third-order valence-corrected chi connectivity index (χ3v) is 4.08. The van der Waals surface area contributed by atoms with Crippen LogP contribution in [-0.4, -0.2) is 39.4 Å². The molecule has 2 heterocycles. The number of hydrogen-bond donors (Lipinski definition) is 2. The summed E-state index contributed by atoms with van der Waals surface area (Å²) in [6.07, 6.45) is 0.422. The van der Waals surface area contributed by atoms with Crippen LogP contribution in [0.4, 0.5) is 0 Å². The Morgan fingerprint density at radius 2 is 1.86 bits per heavy atom. The molecule has 1 aliphatic rings. The molecule has 0 bridgehead atoms. The van der Waals surface area contributed by atoms with E-state index >= 15 is 0 Å². The summed E-state index contributed by atoms with van der Waals surface area (Å²) in [5.74, 6) is -1.84. The fourth-order valence-electron chi connectivity index (χ4n) is 2.13. The van der Waals surface area contributed by atoms with Gasteiger partial charge in [0.1, 0.15) is 0 Å². The van der Waals surface area contributed by atoms with E-state index in [1.54, 1.807) is 24.3 Å². The van der Waals surface area contributed by atoms with Crippen LogP contribution < -0.4 is 5.43 Å². The number of carboxylic acids is 1. The molecule has 1 aromatic carbocycles. The minimum Gasteiger partial charge on any atom is -0.476 e. The number of hydrazine groups is 1. The molecule has 0 saturated carbocycles. The predicted molar refractivity (Wildman–Crippen MR) is 77.7 cm³/mol. The SMILES string of the molecule is O=C(O)c1csc(CCNN2C(=O)c3ccccc3C2=O)n1. The van der Waals surface area contributed by atoms with E-state index in [4.69, 9.17) is 5.11 Å². The zero-order chi connectivity index (χ0) is 15.7. The second kappa shape index (κ2) is 5.66. The number of nitrogens with zero attached hydrogens (tertiary/aromatic N) is 2. The lowest BCUT2D eigenvalue weighted by Gasteiger charge is -2.14. The summed E-state index contributed by atoms with van der Waals surface area (Å²) in [5, 5.41) is 11.9. The van der Waals surface area contributed by atoms with E-state index in [1.165, 1.54) is 16.7 Å². The largest absolute Gasteiger partial charge is 0.476 e. The Hall–Kier alpha value is -2.58. The number of aromatic nitrogens is 1. The molecule has 0 fully saturated rings. The highest BCUT2D eigenvalue weighted by atomic mass is 32.1. The Balaban J connectivity index is 1.62. The van der Waals surface area contributed by atoms with Crippen LogP contribution in [0.25, 0.3) is 0 Å². The van der Waals surface area contributed by atoms with E-state index in [9.17, 15) is 14.4 Å². The Morgan fingerprint density at radius 3 is 2.41 bits per heavy atom. The molecular formula is C14H11N3O4S. The highest BCUT2D eigenvalue weighted by molar-refractivity contribution is 7.09. The van der Waals surface area contributed by atoms with Crippen molar-refractivity contribution in [2.45, 2.75) is 6.42 Å². The number of carbonyl (C=O) groups is 3. The van der Waals surface area contributed by atoms with E-state index in [0.29, 0.717) is 29.1 Å². The number of fused-ring (bicyclic) bond motifs is 1. The second-order valence-corrected chi connectivity index (χ2v) is 5.52. The number of thiazole rings is 1. The third-order valence-electron chi connectivity index (χ3n) is 3.17. The lowest BCUT2D eigenvalue weighted by molar-refractivity contribution is 0.0567. The van der Waals surface area contributed by atoms with E-state index in [1.807, 2.05) is 0 Å². The Morgan fingerprint density at radius 1 is 1.23 bits per heavy atom. The maximum absolute atomic E-state index is 12.1. The van der Waals surface area contributed by atoms with Crippen LogP contribution in [0.15, 0.2) is 29.6 Å². The number of hydrogen-bond acceptors (Lipinski definition) is 6. The number of rotatable bonds is 5. The van der Waals surface area contributed by atoms with Crippen LogP contribution in [-0.2, 0) is 6.42 Å². The van der Waals surface area contributed by atoms with Crippen molar-refractivity contribution >= 4 is 29.1 Å². The van der Waals surface area contributed by atoms with Gasteiger partial charge in [0.15, 0.2) is 5.69 Å². The van der Waals surface area contributed by atoms with Gasteiger partial charge >= 0.3 is 5.97 Å². The summed E-state index contributed by atoms with van der Waals surface area (Å²) in [6, 6.07) is 6.63. The number of carbonyl (C=O) groups excluding carboxylic acids is 2. The van der Waals surface area contributed by atoms with E-state index in [0.717, 1.165) is 5.01 Å². The molecule has 0 spiro atoms. The number of imide groups is 1. The van der Waals surface area contributed by atoms with Crippen LogP contribution in [0.1, 0.15) is 36.2 Å². The van der Waals surface area contributed by atoms with Gasteiger partial charge in [0.05, 0.1) is 16.1 Å². The van der Waals surface area contributed by atoms with E-state index < -0.39 is 5.97 Å². The molecule has 1 aromatic heterocycles. The first-order valence-corrected chi connectivity index (χ1v) is 7.35. The van der Waals surface area contributed by atoms with Crippen molar-refractivity contribution in [2.75, 3.05) is 6.54 Å². The standard InChI is InChI=1S/C14H11N3O4S/c18-12-8-3-1-2-4-9(8)13(19)17(12)15-6-5-11-16-10(7-22-11)14(20)21/h1-4,7,15H,5-6H2,(H,20,21). The fourth-order valence-corrected chi connectivity index (χ4v) is 2.90. The summed E-state index contributed by atoms with van der Waals surface area (Å²) >= 11 is 1.23. The predicted octanol–water partition coefficient (Wildman–Crippen LogP) is 1.18. The van der Waals surface area contributed by atoms with E-state index in [2.05, 4.69) is 10.4 Å². The van der Waals surface area contributed by atoms with Gasteiger partial charge in [-0.25, -0.2) is 20.2 Å². The minimum atomic E-state index is -1.07. The molecule has 2 aromatic rings. The molecular weight excluding hydrogens is 306 g/mol. The maximum atomic E-state index is 12.1.